The number of aromatic nitrogens is 5. The van der Waals surface area contributed by atoms with E-state index in [-0.39, 0.29) is 0 Å². The van der Waals surface area contributed by atoms with E-state index in [2.05, 4.69) is 129 Å². The van der Waals surface area contributed by atoms with Gasteiger partial charge < -0.3 is 4.57 Å². The van der Waals surface area contributed by atoms with Crippen molar-refractivity contribution in [2.75, 3.05) is 0 Å². The average Bonchev–Trinajstić information content (AvgIpc) is 3.43. The van der Waals surface area contributed by atoms with Crippen molar-refractivity contribution in [2.24, 2.45) is 0 Å². The second kappa shape index (κ2) is 11.0. The highest BCUT2D eigenvalue weighted by atomic mass is 79.9. The molecule has 0 spiro atoms. The van der Waals surface area contributed by atoms with Crippen molar-refractivity contribution in [1.29, 1.82) is 0 Å². The summed E-state index contributed by atoms with van der Waals surface area (Å²) in [4.78, 5) is 19.2. The first kappa shape index (κ1) is 26.2. The molecule has 0 fully saturated rings. The highest BCUT2D eigenvalue weighted by Gasteiger charge is 2.16. The molecule has 6 heteroatoms. The van der Waals surface area contributed by atoms with Crippen molar-refractivity contribution in [3.05, 3.63) is 150 Å². The van der Waals surface area contributed by atoms with E-state index in [1.807, 2.05) is 30.3 Å². The van der Waals surface area contributed by atoms with Crippen molar-refractivity contribution in [2.45, 2.75) is 0 Å². The molecule has 208 valence electrons. The third-order valence-corrected chi connectivity index (χ3v) is 8.24. The van der Waals surface area contributed by atoms with Gasteiger partial charge in [0.05, 0.1) is 11.0 Å². The molecule has 0 radical (unpaired) electrons. The zero-order chi connectivity index (χ0) is 29.5. The Morgan fingerprint density at radius 1 is 0.455 bits per heavy atom. The van der Waals surface area contributed by atoms with Crippen LogP contribution in [0.3, 0.4) is 0 Å². The molecule has 5 nitrogen and oxygen atoms in total. The molecule has 3 heterocycles. The molecule has 0 unspecified atom stereocenters. The van der Waals surface area contributed by atoms with Crippen LogP contribution >= 0.6 is 15.9 Å². The summed E-state index contributed by atoms with van der Waals surface area (Å²) in [6.45, 7) is 0. The zero-order valence-electron chi connectivity index (χ0n) is 23.5. The summed E-state index contributed by atoms with van der Waals surface area (Å²) < 4.78 is 3.23. The van der Waals surface area contributed by atoms with E-state index in [9.17, 15) is 0 Å². The number of hydrogen-bond acceptors (Lipinski definition) is 4. The van der Waals surface area contributed by atoms with Crippen LogP contribution in [0.4, 0.5) is 0 Å². The first-order valence-corrected chi connectivity index (χ1v) is 15.1. The summed E-state index contributed by atoms with van der Waals surface area (Å²) in [6.07, 6.45) is 3.53. The van der Waals surface area contributed by atoms with Crippen LogP contribution in [-0.2, 0) is 0 Å². The lowest BCUT2D eigenvalue weighted by molar-refractivity contribution is 1.07. The normalized spacial score (nSPS) is 11.3. The van der Waals surface area contributed by atoms with E-state index in [4.69, 9.17) is 15.0 Å². The molecule has 0 amide bonds. The largest absolute Gasteiger partial charge is 0.309 e. The SMILES string of the molecule is Brc1cc(-c2nc(-c3ccc(-c4ccccc4)cc3)nc(-c3cccnc3)n2)cc(-n2c3ccccc3c3ccccc32)c1. The Morgan fingerprint density at radius 2 is 1.00 bits per heavy atom. The molecule has 44 heavy (non-hydrogen) atoms. The molecule has 3 aromatic heterocycles. The number of pyridine rings is 1. The quantitative estimate of drug-likeness (QED) is 0.190. The first-order valence-electron chi connectivity index (χ1n) is 14.3. The summed E-state index contributed by atoms with van der Waals surface area (Å²) in [5.74, 6) is 1.76. The van der Waals surface area contributed by atoms with Gasteiger partial charge >= 0.3 is 0 Å². The van der Waals surface area contributed by atoms with Gasteiger partial charge in [0.1, 0.15) is 0 Å². The number of fused-ring (bicyclic) bond motifs is 3. The van der Waals surface area contributed by atoms with Crippen molar-refractivity contribution in [3.8, 4) is 51.0 Å². The minimum atomic E-state index is 0.573. The van der Waals surface area contributed by atoms with E-state index in [0.717, 1.165) is 49.0 Å². The Kier molecular flexibility index (Phi) is 6.54. The maximum atomic E-state index is 5.02. The number of hydrogen-bond donors (Lipinski definition) is 0. The number of rotatable bonds is 5. The predicted molar refractivity (Wildman–Crippen MR) is 181 cm³/mol. The van der Waals surface area contributed by atoms with Crippen LogP contribution in [0.5, 0.6) is 0 Å². The number of nitrogens with zero attached hydrogens (tertiary/aromatic N) is 5. The minimum Gasteiger partial charge on any atom is -0.309 e. The topological polar surface area (TPSA) is 56.5 Å². The summed E-state index contributed by atoms with van der Waals surface area (Å²) >= 11 is 3.79. The molecule has 0 saturated heterocycles. The van der Waals surface area contributed by atoms with Gasteiger partial charge in [0, 0.05) is 50.0 Å². The van der Waals surface area contributed by atoms with Crippen LogP contribution < -0.4 is 0 Å². The highest BCUT2D eigenvalue weighted by molar-refractivity contribution is 9.10. The van der Waals surface area contributed by atoms with Gasteiger partial charge in [-0.05, 0) is 53.6 Å². The van der Waals surface area contributed by atoms with Gasteiger partial charge in [0.25, 0.3) is 0 Å². The molecule has 0 saturated carbocycles. The third-order valence-electron chi connectivity index (χ3n) is 7.78. The van der Waals surface area contributed by atoms with E-state index >= 15 is 0 Å². The maximum Gasteiger partial charge on any atom is 0.165 e. The van der Waals surface area contributed by atoms with Gasteiger partial charge in [-0.25, -0.2) is 15.0 Å². The van der Waals surface area contributed by atoms with E-state index < -0.39 is 0 Å². The monoisotopic (exact) mass is 629 g/mol. The predicted octanol–water partition coefficient (Wildman–Crippen LogP) is 9.79. The first-order chi connectivity index (χ1) is 21.7. The van der Waals surface area contributed by atoms with Crippen LogP contribution in [0, 0.1) is 0 Å². The molecule has 0 N–H and O–H groups in total. The van der Waals surface area contributed by atoms with E-state index in [1.165, 1.54) is 10.8 Å². The molecule has 0 bridgehead atoms. The van der Waals surface area contributed by atoms with Crippen LogP contribution in [0.2, 0.25) is 0 Å². The van der Waals surface area contributed by atoms with Crippen LogP contribution in [-0.4, -0.2) is 24.5 Å². The van der Waals surface area contributed by atoms with Crippen molar-refractivity contribution in [3.63, 3.8) is 0 Å². The van der Waals surface area contributed by atoms with Gasteiger partial charge in [-0.15, -0.1) is 0 Å². The Balaban J connectivity index is 1.30. The summed E-state index contributed by atoms with van der Waals surface area (Å²) in [7, 11) is 0. The van der Waals surface area contributed by atoms with Crippen molar-refractivity contribution < 1.29 is 0 Å². The van der Waals surface area contributed by atoms with Crippen molar-refractivity contribution >= 4 is 37.7 Å². The third kappa shape index (κ3) is 4.75. The minimum absolute atomic E-state index is 0.573. The Bertz CT molecular complexity index is 2220. The highest BCUT2D eigenvalue weighted by Crippen LogP contribution is 2.35. The smallest absolute Gasteiger partial charge is 0.165 e. The molecule has 8 rings (SSSR count). The van der Waals surface area contributed by atoms with Gasteiger partial charge in [0.2, 0.25) is 0 Å². The summed E-state index contributed by atoms with van der Waals surface area (Å²) in [5.41, 5.74) is 8.23. The lowest BCUT2D eigenvalue weighted by Crippen LogP contribution is -2.01. The van der Waals surface area contributed by atoms with Gasteiger partial charge in [-0.2, -0.15) is 0 Å². The lowest BCUT2D eigenvalue weighted by Gasteiger charge is -2.12. The van der Waals surface area contributed by atoms with Crippen LogP contribution in [0.15, 0.2) is 150 Å². The zero-order valence-corrected chi connectivity index (χ0v) is 25.1. The molecule has 0 aliphatic rings. The number of para-hydroxylation sites is 2. The van der Waals surface area contributed by atoms with Gasteiger partial charge in [0.15, 0.2) is 17.5 Å². The number of benzene rings is 5. The van der Waals surface area contributed by atoms with E-state index in [0.29, 0.717) is 17.5 Å². The Labute approximate surface area is 262 Å². The number of halogens is 1. The molecule has 0 aliphatic heterocycles. The van der Waals surface area contributed by atoms with Crippen molar-refractivity contribution in [1.82, 2.24) is 24.5 Å². The van der Waals surface area contributed by atoms with Crippen LogP contribution in [0.25, 0.3) is 72.8 Å². The maximum absolute atomic E-state index is 5.02. The van der Waals surface area contributed by atoms with Gasteiger partial charge in [-0.1, -0.05) is 107 Å². The fourth-order valence-electron chi connectivity index (χ4n) is 5.73. The fourth-order valence-corrected chi connectivity index (χ4v) is 6.21. The van der Waals surface area contributed by atoms with E-state index in [1.54, 1.807) is 12.4 Å². The standard InChI is InChI=1S/C38H24BrN5/c39-30-21-29(22-31(23-30)44-34-14-6-4-12-32(34)33-13-5-7-15-35(33)44)38-42-36(41-37(43-38)28-11-8-20-40-24-28)27-18-16-26(17-19-27)25-9-2-1-3-10-25/h1-24H. The molecule has 0 atom stereocenters. The Morgan fingerprint density at radius 3 is 1.66 bits per heavy atom. The average molecular weight is 631 g/mol. The summed E-state index contributed by atoms with van der Waals surface area (Å²) in [5, 5.41) is 2.43. The fraction of sp³-hybridized carbons (Fsp3) is 0. The lowest BCUT2D eigenvalue weighted by atomic mass is 10.0. The van der Waals surface area contributed by atoms with Gasteiger partial charge in [-0.3, -0.25) is 4.98 Å². The molecular weight excluding hydrogens is 606 g/mol. The molecule has 5 aromatic carbocycles. The molecular formula is C38H24BrN5. The second-order valence-corrected chi connectivity index (χ2v) is 11.5. The Hall–Kier alpha value is -5.46. The molecule has 8 aromatic rings. The second-order valence-electron chi connectivity index (χ2n) is 10.6. The molecule has 0 aliphatic carbocycles. The summed E-state index contributed by atoms with van der Waals surface area (Å²) in [6, 6.07) is 45.9. The van der Waals surface area contributed by atoms with Crippen LogP contribution in [0.1, 0.15) is 0 Å².